The third-order valence-corrected chi connectivity index (χ3v) is 5.05. The number of para-hydroxylation sites is 1. The first-order valence-corrected chi connectivity index (χ1v) is 9.35. The first-order valence-electron chi connectivity index (χ1n) is 9.35. The maximum Gasteiger partial charge on any atom is 0.133 e. The summed E-state index contributed by atoms with van der Waals surface area (Å²) in [6, 6.07) is 15.5. The molecule has 0 saturated heterocycles. The van der Waals surface area contributed by atoms with Crippen molar-refractivity contribution in [2.24, 2.45) is 0 Å². The van der Waals surface area contributed by atoms with Crippen molar-refractivity contribution >= 4 is 5.82 Å². The molecule has 0 bridgehead atoms. The lowest BCUT2D eigenvalue weighted by Crippen LogP contribution is -2.08. The summed E-state index contributed by atoms with van der Waals surface area (Å²) in [4.78, 5) is 0. The largest absolute Gasteiger partial charge is 0.496 e. The topological polar surface area (TPSA) is 72.1 Å². The fourth-order valence-corrected chi connectivity index (χ4v) is 3.71. The van der Waals surface area contributed by atoms with Crippen LogP contribution in [0.1, 0.15) is 24.0 Å². The van der Waals surface area contributed by atoms with Gasteiger partial charge in [-0.1, -0.05) is 18.2 Å². The zero-order chi connectivity index (χ0) is 19.5. The van der Waals surface area contributed by atoms with Crippen molar-refractivity contribution in [3.63, 3.8) is 0 Å². The van der Waals surface area contributed by atoms with Gasteiger partial charge in [0.25, 0.3) is 0 Å². The van der Waals surface area contributed by atoms with Gasteiger partial charge in [-0.25, -0.2) is 4.68 Å². The Morgan fingerprint density at radius 3 is 2.50 bits per heavy atom. The van der Waals surface area contributed by atoms with E-state index in [4.69, 9.17) is 14.6 Å². The molecular weight excluding hydrogens is 352 g/mol. The van der Waals surface area contributed by atoms with Gasteiger partial charge in [-0.05, 0) is 43.5 Å². The lowest BCUT2D eigenvalue weighted by molar-refractivity contribution is 0.397. The van der Waals surface area contributed by atoms with Gasteiger partial charge in [-0.3, -0.25) is 0 Å². The number of nitrogens with zero attached hydrogens (tertiary/aromatic N) is 3. The van der Waals surface area contributed by atoms with Crippen LogP contribution in [0.4, 0.5) is 5.82 Å². The summed E-state index contributed by atoms with van der Waals surface area (Å²) in [7, 11) is 3.30. The van der Waals surface area contributed by atoms with E-state index < -0.39 is 0 Å². The Morgan fingerprint density at radius 1 is 1.04 bits per heavy atom. The van der Waals surface area contributed by atoms with Gasteiger partial charge < -0.3 is 14.8 Å². The molecule has 6 heteroatoms. The van der Waals surface area contributed by atoms with Crippen LogP contribution in [0.5, 0.6) is 11.5 Å². The number of rotatable bonds is 4. The van der Waals surface area contributed by atoms with E-state index in [1.165, 1.54) is 0 Å². The number of anilines is 1. The molecule has 0 fully saturated rings. The van der Waals surface area contributed by atoms with E-state index in [-0.39, 0.29) is 0 Å². The number of nitriles is 1. The van der Waals surface area contributed by atoms with Gasteiger partial charge in [0.2, 0.25) is 0 Å². The Kier molecular flexibility index (Phi) is 4.90. The molecule has 0 spiro atoms. The van der Waals surface area contributed by atoms with Gasteiger partial charge in [-0.2, -0.15) is 10.4 Å². The summed E-state index contributed by atoms with van der Waals surface area (Å²) in [5.74, 6) is 2.36. The maximum atomic E-state index is 9.58. The van der Waals surface area contributed by atoms with Crippen molar-refractivity contribution in [1.29, 1.82) is 5.26 Å². The summed E-state index contributed by atoms with van der Waals surface area (Å²) in [6.45, 7) is 0.871. The molecule has 6 nitrogen and oxygen atoms in total. The van der Waals surface area contributed by atoms with Crippen LogP contribution in [-0.4, -0.2) is 30.5 Å². The third-order valence-electron chi connectivity index (χ3n) is 5.05. The number of benzene rings is 2. The molecule has 0 radical (unpaired) electrons. The molecule has 1 aliphatic rings. The van der Waals surface area contributed by atoms with E-state index in [2.05, 4.69) is 11.4 Å². The lowest BCUT2D eigenvalue weighted by atomic mass is 10.0. The maximum absolute atomic E-state index is 9.58. The van der Waals surface area contributed by atoms with Crippen molar-refractivity contribution in [2.45, 2.75) is 19.3 Å². The highest BCUT2D eigenvalue weighted by atomic mass is 16.5. The van der Waals surface area contributed by atoms with Gasteiger partial charge in [0.1, 0.15) is 29.1 Å². The number of aromatic nitrogens is 2. The molecule has 1 aliphatic heterocycles. The number of ether oxygens (including phenoxy) is 2. The molecule has 1 N–H and O–H groups in total. The zero-order valence-electron chi connectivity index (χ0n) is 16.0. The third kappa shape index (κ3) is 2.95. The minimum atomic E-state index is 0.581. The number of hydrogen-bond donors (Lipinski definition) is 1. The van der Waals surface area contributed by atoms with Gasteiger partial charge >= 0.3 is 0 Å². The average molecular weight is 374 g/mol. The van der Waals surface area contributed by atoms with Gasteiger partial charge in [0, 0.05) is 12.1 Å². The van der Waals surface area contributed by atoms with Crippen LogP contribution in [0, 0.1) is 11.3 Å². The normalized spacial score (nSPS) is 13.0. The second-order valence-corrected chi connectivity index (χ2v) is 6.64. The van der Waals surface area contributed by atoms with Crippen molar-refractivity contribution < 1.29 is 9.47 Å². The first kappa shape index (κ1) is 17.9. The van der Waals surface area contributed by atoms with Crippen molar-refractivity contribution in [3.8, 4) is 34.5 Å². The summed E-state index contributed by atoms with van der Waals surface area (Å²) in [5, 5.41) is 18.0. The van der Waals surface area contributed by atoms with E-state index in [1.807, 2.05) is 47.1 Å². The smallest absolute Gasteiger partial charge is 0.133 e. The minimum Gasteiger partial charge on any atom is -0.496 e. The summed E-state index contributed by atoms with van der Waals surface area (Å²) >= 11 is 0. The molecule has 1 aromatic heterocycles. The zero-order valence-corrected chi connectivity index (χ0v) is 16.0. The number of hydrogen-bond acceptors (Lipinski definition) is 5. The highest BCUT2D eigenvalue weighted by molar-refractivity contribution is 5.80. The second kappa shape index (κ2) is 7.65. The predicted octanol–water partition coefficient (Wildman–Crippen LogP) is 4.18. The minimum absolute atomic E-state index is 0.581. The molecule has 28 heavy (non-hydrogen) atoms. The Balaban J connectivity index is 2.01. The van der Waals surface area contributed by atoms with Crippen LogP contribution in [0.15, 0.2) is 42.5 Å². The van der Waals surface area contributed by atoms with Gasteiger partial charge in [0.15, 0.2) is 0 Å². The van der Waals surface area contributed by atoms with Gasteiger partial charge in [0.05, 0.1) is 31.0 Å². The fraction of sp³-hybridized carbons (Fsp3) is 0.273. The molecule has 4 rings (SSSR count). The second-order valence-electron chi connectivity index (χ2n) is 6.64. The predicted molar refractivity (Wildman–Crippen MR) is 108 cm³/mol. The summed E-state index contributed by atoms with van der Waals surface area (Å²) < 4.78 is 13.1. The standard InChI is InChI=1S/C22H22N4O2/c1-27-18-11-7-12-19(28-2)20(18)21-16-9-5-6-13-24-22(16)26(25-21)17-10-4-3-8-15(17)14-23/h3-4,7-8,10-12,24H,5-6,9,13H2,1-2H3. The Labute approximate surface area is 164 Å². The van der Waals surface area contributed by atoms with E-state index >= 15 is 0 Å². The Morgan fingerprint density at radius 2 is 1.79 bits per heavy atom. The summed E-state index contributed by atoms with van der Waals surface area (Å²) in [5.41, 5.74) is 4.12. The monoisotopic (exact) mass is 374 g/mol. The lowest BCUT2D eigenvalue weighted by Gasteiger charge is -2.12. The van der Waals surface area contributed by atoms with Crippen LogP contribution in [-0.2, 0) is 6.42 Å². The van der Waals surface area contributed by atoms with Crippen molar-refractivity contribution in [3.05, 3.63) is 53.6 Å². The molecule has 0 amide bonds. The highest BCUT2D eigenvalue weighted by Gasteiger charge is 2.26. The van der Waals surface area contributed by atoms with Gasteiger partial charge in [-0.15, -0.1) is 0 Å². The molecule has 0 saturated carbocycles. The van der Waals surface area contributed by atoms with Crippen LogP contribution in [0.3, 0.4) is 0 Å². The fourth-order valence-electron chi connectivity index (χ4n) is 3.71. The molecule has 0 aliphatic carbocycles. The van der Waals surface area contributed by atoms with Crippen LogP contribution in [0.2, 0.25) is 0 Å². The van der Waals surface area contributed by atoms with Crippen LogP contribution >= 0.6 is 0 Å². The highest BCUT2D eigenvalue weighted by Crippen LogP contribution is 2.43. The molecule has 0 unspecified atom stereocenters. The Bertz CT molecular complexity index is 1030. The van der Waals surface area contributed by atoms with E-state index in [0.29, 0.717) is 17.1 Å². The molecule has 0 atom stereocenters. The van der Waals surface area contributed by atoms with Crippen molar-refractivity contribution in [1.82, 2.24) is 9.78 Å². The number of methoxy groups -OCH3 is 2. The first-order chi connectivity index (χ1) is 13.8. The molecule has 2 aromatic carbocycles. The number of nitrogens with one attached hydrogen (secondary N) is 1. The summed E-state index contributed by atoms with van der Waals surface area (Å²) in [6.07, 6.45) is 3.04. The van der Waals surface area contributed by atoms with Crippen LogP contribution in [0.25, 0.3) is 16.9 Å². The SMILES string of the molecule is COc1cccc(OC)c1-c1nn(-c2ccccc2C#N)c2c1CCCCN2. The Hall–Kier alpha value is -3.46. The molecular formula is C22H22N4O2. The quantitative estimate of drug-likeness (QED) is 0.742. The molecule has 142 valence electrons. The molecule has 3 aromatic rings. The van der Waals surface area contributed by atoms with Crippen LogP contribution < -0.4 is 14.8 Å². The van der Waals surface area contributed by atoms with Crippen molar-refractivity contribution in [2.75, 3.05) is 26.1 Å². The average Bonchev–Trinajstić information content (AvgIpc) is 2.92. The van der Waals surface area contributed by atoms with E-state index in [9.17, 15) is 5.26 Å². The van der Waals surface area contributed by atoms with E-state index in [1.54, 1.807) is 14.2 Å². The van der Waals surface area contributed by atoms with E-state index in [0.717, 1.165) is 54.1 Å². The number of fused-ring (bicyclic) bond motifs is 1. The molecule has 2 heterocycles.